The predicted molar refractivity (Wildman–Crippen MR) is 14.4 cm³/mol. The second-order valence-electron chi connectivity index (χ2n) is 0.729. The topological polar surface area (TPSA) is 52.6 Å². The molecule has 0 aliphatic rings. The Morgan fingerprint density at radius 3 is 1.33 bits per heavy atom. The van der Waals surface area contributed by atoms with E-state index in [9.17, 15) is 18.6 Å². The molecule has 7 heteroatoms. The van der Waals surface area contributed by atoms with Crippen molar-refractivity contribution in [3.8, 4) is 0 Å². The van der Waals surface area contributed by atoms with Gasteiger partial charge in [0, 0.05) is 26.1 Å². The molecule has 0 fully saturated rings. The summed E-state index contributed by atoms with van der Waals surface area (Å²) in [5.41, 5.74) is 0. The predicted octanol–water partition coefficient (Wildman–Crippen LogP) is -0.161. The van der Waals surface area contributed by atoms with Crippen LogP contribution in [0.1, 0.15) is 0 Å². The van der Waals surface area contributed by atoms with Crippen LogP contribution in [0.25, 0.3) is 0 Å². The molecule has 0 aromatic heterocycles. The molecule has 0 amide bonds. The van der Waals surface area contributed by atoms with Crippen molar-refractivity contribution in [1.29, 1.82) is 0 Å². The summed E-state index contributed by atoms with van der Waals surface area (Å²) in [7, 11) is 0. The van der Waals surface area contributed by atoms with Crippen LogP contribution in [0.5, 0.6) is 0 Å². The second-order valence-corrected chi connectivity index (χ2v) is 0.729. The first kappa shape index (κ1) is 11.2. The Balaban J connectivity index is 0. The van der Waals surface area contributed by atoms with Crippen molar-refractivity contribution in [3.63, 3.8) is 0 Å². The van der Waals surface area contributed by atoms with Gasteiger partial charge in [-0.25, -0.2) is 19.5 Å². The van der Waals surface area contributed by atoms with Crippen LogP contribution in [0, 0.1) is 0 Å². The van der Waals surface area contributed by atoms with Gasteiger partial charge in [-0.1, -0.05) is 0 Å². The molecule has 0 bridgehead atoms. The minimum Gasteiger partial charge on any atom is -0.242 e. The molecule has 54 valence electrons. The minimum atomic E-state index is -2.02. The van der Waals surface area contributed by atoms with Crippen LogP contribution in [0.15, 0.2) is 0 Å². The van der Waals surface area contributed by atoms with Crippen LogP contribution in [0.3, 0.4) is 0 Å². The molecule has 0 radical (unpaired) electrons. The molecule has 0 spiro atoms. The molecule has 0 aliphatic heterocycles. The number of hydrogen-bond acceptors (Lipinski definition) is 4. The van der Waals surface area contributed by atoms with Crippen LogP contribution in [0.2, 0.25) is 0 Å². The number of carbonyl (C=O) groups is 2. The monoisotopic (exact) mass is 182 g/mol. The zero-order valence-corrected chi connectivity index (χ0v) is 4.85. The quantitative estimate of drug-likeness (QED) is 0.385. The summed E-state index contributed by atoms with van der Waals surface area (Å²) in [6.07, 6.45) is 0. The summed E-state index contributed by atoms with van der Waals surface area (Å²) in [4.78, 5) is 23.4. The Labute approximate surface area is 58.4 Å². The molecule has 0 saturated carbocycles. The molecule has 0 unspecified atom stereocenters. The van der Waals surface area contributed by atoms with Crippen LogP contribution in [-0.4, -0.2) is 11.9 Å². The van der Waals surface area contributed by atoms with E-state index in [4.69, 9.17) is 0 Å². The van der Waals surface area contributed by atoms with Gasteiger partial charge in [-0.15, -0.1) is 0 Å². The first-order chi connectivity index (χ1) is 3.72. The molecule has 9 heavy (non-hydrogen) atoms. The zero-order chi connectivity index (χ0) is 6.57. The number of hydrogen-bond donors (Lipinski definition) is 0. The van der Waals surface area contributed by atoms with Crippen molar-refractivity contribution in [1.82, 2.24) is 0 Å². The van der Waals surface area contributed by atoms with E-state index in [0.29, 0.717) is 0 Å². The van der Waals surface area contributed by atoms with Crippen LogP contribution in [0.4, 0.5) is 9.05 Å². The van der Waals surface area contributed by atoms with Gasteiger partial charge in [0.25, 0.3) is 0 Å². The molecule has 0 rings (SSSR count). The Kier molecular flexibility index (Phi) is 6.77. The standard InChI is InChI=1S/C2F2O4.Fe/c3-7-1(5)2(6)8-4;. The fourth-order valence-corrected chi connectivity index (χ4v) is 0.0630. The first-order valence-electron chi connectivity index (χ1n) is 1.38. The Morgan fingerprint density at radius 1 is 1.00 bits per heavy atom. The largest absolute Gasteiger partial charge is 0.459 e. The SMILES string of the molecule is O=C(OF)C(=O)OF.[Fe]. The van der Waals surface area contributed by atoms with Gasteiger partial charge in [0.1, 0.15) is 0 Å². The normalized spacial score (nSPS) is 6.89. The summed E-state index contributed by atoms with van der Waals surface area (Å²) in [6, 6.07) is 0. The summed E-state index contributed by atoms with van der Waals surface area (Å²) in [6.45, 7) is 0. The maximum Gasteiger partial charge on any atom is 0.459 e. The van der Waals surface area contributed by atoms with Gasteiger partial charge in [0.05, 0.1) is 0 Å². The van der Waals surface area contributed by atoms with Crippen LogP contribution >= 0.6 is 0 Å². The minimum absolute atomic E-state index is 0. The number of rotatable bonds is 0. The van der Waals surface area contributed by atoms with Crippen molar-refractivity contribution in [2.24, 2.45) is 0 Å². The van der Waals surface area contributed by atoms with Gasteiger partial charge >= 0.3 is 11.9 Å². The van der Waals surface area contributed by atoms with E-state index in [2.05, 4.69) is 9.88 Å². The third kappa shape index (κ3) is 3.87. The number of carbonyl (C=O) groups excluding carboxylic acids is 2. The average molecular weight is 182 g/mol. The third-order valence-electron chi connectivity index (χ3n) is 0.307. The van der Waals surface area contributed by atoms with Crippen molar-refractivity contribution < 1.29 is 45.6 Å². The van der Waals surface area contributed by atoms with E-state index < -0.39 is 11.9 Å². The van der Waals surface area contributed by atoms with Crippen molar-refractivity contribution in [3.05, 3.63) is 0 Å². The summed E-state index contributed by atoms with van der Waals surface area (Å²) in [5, 5.41) is 0. The van der Waals surface area contributed by atoms with Crippen molar-refractivity contribution in [2.75, 3.05) is 0 Å². The first-order valence-corrected chi connectivity index (χ1v) is 1.38. The smallest absolute Gasteiger partial charge is 0.242 e. The Morgan fingerprint density at radius 2 is 1.22 bits per heavy atom. The molecule has 0 aromatic rings. The maximum absolute atomic E-state index is 10.5. The van der Waals surface area contributed by atoms with Gasteiger partial charge in [0.2, 0.25) is 0 Å². The molecule has 0 atom stereocenters. The Bertz CT molecular complexity index is 101. The van der Waals surface area contributed by atoms with Crippen molar-refractivity contribution in [2.45, 2.75) is 0 Å². The molecule has 0 N–H and O–H groups in total. The Hall–Kier alpha value is -0.681. The third-order valence-corrected chi connectivity index (χ3v) is 0.307. The average Bonchev–Trinajstić information content (AvgIpc) is 1.84. The molecule has 0 aromatic carbocycles. The van der Waals surface area contributed by atoms with Gasteiger partial charge in [-0.3, -0.25) is 0 Å². The van der Waals surface area contributed by atoms with E-state index in [1.54, 1.807) is 0 Å². The van der Waals surface area contributed by atoms with Gasteiger partial charge in [-0.05, 0) is 0 Å². The van der Waals surface area contributed by atoms with Gasteiger partial charge in [0.15, 0.2) is 0 Å². The van der Waals surface area contributed by atoms with Crippen molar-refractivity contribution >= 4 is 11.9 Å². The van der Waals surface area contributed by atoms with E-state index in [-0.39, 0.29) is 17.1 Å². The van der Waals surface area contributed by atoms with Crippen LogP contribution < -0.4 is 0 Å². The summed E-state index contributed by atoms with van der Waals surface area (Å²) < 4.78 is 21.0. The molecule has 0 heterocycles. The molecule has 4 nitrogen and oxygen atoms in total. The molecular weight excluding hydrogens is 182 g/mol. The summed E-state index contributed by atoms with van der Waals surface area (Å²) in [5.74, 6) is -4.04. The summed E-state index contributed by atoms with van der Waals surface area (Å²) >= 11 is 0. The van der Waals surface area contributed by atoms with Gasteiger partial charge in [-0.2, -0.15) is 0 Å². The zero-order valence-electron chi connectivity index (χ0n) is 3.74. The molecule has 0 aliphatic carbocycles. The van der Waals surface area contributed by atoms with Gasteiger partial charge < -0.3 is 0 Å². The van der Waals surface area contributed by atoms with E-state index >= 15 is 0 Å². The second kappa shape index (κ2) is 5.46. The van der Waals surface area contributed by atoms with E-state index in [0.717, 1.165) is 0 Å². The molecular formula is C2F2FeO4. The van der Waals surface area contributed by atoms with E-state index in [1.807, 2.05) is 0 Å². The number of halogens is 2. The van der Waals surface area contributed by atoms with E-state index in [1.165, 1.54) is 0 Å². The fraction of sp³-hybridized carbons (Fsp3) is 0. The molecule has 0 saturated heterocycles. The fourth-order valence-electron chi connectivity index (χ4n) is 0.0630. The van der Waals surface area contributed by atoms with Crippen LogP contribution in [-0.2, 0) is 36.5 Å². The maximum atomic E-state index is 10.5.